The Bertz CT molecular complexity index is 2790. The van der Waals surface area contributed by atoms with Crippen LogP contribution in [0, 0.1) is 11.3 Å². The fourth-order valence-corrected chi connectivity index (χ4v) is 7.96. The predicted octanol–water partition coefficient (Wildman–Crippen LogP) is 12.9. The molecule has 1 heterocycles. The zero-order valence-electron chi connectivity index (χ0n) is 28.8. The zero-order valence-corrected chi connectivity index (χ0v) is 28.8. The number of hydrogen-bond donors (Lipinski definition) is 0. The minimum atomic E-state index is -0.286. The molecule has 1 aliphatic rings. The maximum atomic E-state index is 9.67. The van der Waals surface area contributed by atoms with Crippen LogP contribution in [0.5, 0.6) is 0 Å². The molecule has 0 fully saturated rings. The molecule has 1 atom stereocenters. The third kappa shape index (κ3) is 5.32. The van der Waals surface area contributed by atoms with E-state index < -0.39 is 0 Å². The molecule has 2 nitrogen and oxygen atoms in total. The summed E-state index contributed by atoms with van der Waals surface area (Å²) in [6.45, 7) is 6.76. The van der Waals surface area contributed by atoms with E-state index in [0.29, 0.717) is 5.56 Å². The Hall–Kier alpha value is -6.82. The maximum absolute atomic E-state index is 9.67. The summed E-state index contributed by atoms with van der Waals surface area (Å²) >= 11 is 0. The smallest absolute Gasteiger partial charge is 0.101 e. The van der Waals surface area contributed by atoms with Crippen molar-refractivity contribution in [2.24, 2.45) is 4.99 Å². The van der Waals surface area contributed by atoms with Crippen LogP contribution in [-0.4, -0.2) is 5.71 Å². The highest BCUT2D eigenvalue weighted by atomic mass is 14.8. The molecule has 2 heteroatoms. The van der Waals surface area contributed by atoms with Crippen LogP contribution < -0.4 is 0 Å². The molecule has 0 radical (unpaired) electrons. The molecule has 52 heavy (non-hydrogen) atoms. The number of rotatable bonds is 5. The molecule has 0 aromatic heterocycles. The lowest BCUT2D eigenvalue weighted by molar-refractivity contribution is 0.870. The van der Waals surface area contributed by atoms with Gasteiger partial charge in [-0.3, -0.25) is 4.99 Å². The van der Waals surface area contributed by atoms with Crippen LogP contribution in [0.15, 0.2) is 193 Å². The highest BCUT2D eigenvalue weighted by Gasteiger charge is 2.28. The van der Waals surface area contributed by atoms with Gasteiger partial charge in [-0.05, 0) is 120 Å². The van der Waals surface area contributed by atoms with Crippen molar-refractivity contribution in [2.45, 2.75) is 13.0 Å². The molecule has 1 aliphatic heterocycles. The summed E-state index contributed by atoms with van der Waals surface area (Å²) in [7, 11) is 0. The number of nitrogens with zero attached hydrogens (tertiary/aromatic N) is 2. The van der Waals surface area contributed by atoms with Crippen molar-refractivity contribution in [3.05, 3.63) is 210 Å². The van der Waals surface area contributed by atoms with Crippen molar-refractivity contribution in [3.8, 4) is 28.3 Å². The fraction of sp³-hybridized carbons (Fsp3) is 0.0400. The van der Waals surface area contributed by atoms with E-state index in [2.05, 4.69) is 159 Å². The molecule has 1 unspecified atom stereocenters. The molecule has 0 spiro atoms. The number of nitriles is 1. The first kappa shape index (κ1) is 31.2. The third-order valence-electron chi connectivity index (χ3n) is 10.4. The van der Waals surface area contributed by atoms with Gasteiger partial charge in [0, 0.05) is 5.56 Å². The van der Waals surface area contributed by atoms with E-state index in [1.807, 2.05) is 30.3 Å². The summed E-state index contributed by atoms with van der Waals surface area (Å²) in [6.07, 6.45) is 0. The number of hydrogen-bond acceptors (Lipinski definition) is 2. The summed E-state index contributed by atoms with van der Waals surface area (Å²) in [5, 5.41) is 17.3. The van der Waals surface area contributed by atoms with Crippen molar-refractivity contribution >= 4 is 43.6 Å². The van der Waals surface area contributed by atoms with E-state index in [4.69, 9.17) is 4.99 Å². The molecular formula is C50H34N2. The molecule has 244 valence electrons. The fourth-order valence-electron chi connectivity index (χ4n) is 7.96. The highest BCUT2D eigenvalue weighted by molar-refractivity contribution is 6.25. The average molecular weight is 663 g/mol. The maximum Gasteiger partial charge on any atom is 0.101 e. The van der Waals surface area contributed by atoms with Gasteiger partial charge in [-0.15, -0.1) is 0 Å². The van der Waals surface area contributed by atoms with Gasteiger partial charge in [0.2, 0.25) is 0 Å². The van der Waals surface area contributed by atoms with Crippen LogP contribution >= 0.6 is 0 Å². The lowest BCUT2D eigenvalue weighted by atomic mass is 9.81. The van der Waals surface area contributed by atoms with Crippen LogP contribution in [0.2, 0.25) is 0 Å². The Morgan fingerprint density at radius 2 is 1.00 bits per heavy atom. The number of aliphatic imine (C=N–C) groups is 1. The lowest BCUT2D eigenvalue weighted by Gasteiger charge is -2.28. The Balaban J connectivity index is 1.13. The first-order chi connectivity index (χ1) is 25.6. The molecule has 0 saturated heterocycles. The van der Waals surface area contributed by atoms with Crippen LogP contribution in [0.25, 0.3) is 60.1 Å². The molecule has 0 aliphatic carbocycles. The lowest BCUT2D eigenvalue weighted by Crippen LogP contribution is -2.17. The Morgan fingerprint density at radius 1 is 0.481 bits per heavy atom. The van der Waals surface area contributed by atoms with Gasteiger partial charge in [0.25, 0.3) is 0 Å². The SMILES string of the molecule is C=C1C(c2ccccc2)=C(C)C(c2cccc(C#N)c2)=NC1c1cccc(-c2cccc(-c3ccc4c5ccccc5c5ccccc5c4c3)c2)c1. The van der Waals surface area contributed by atoms with Gasteiger partial charge in [-0.2, -0.15) is 5.26 Å². The summed E-state index contributed by atoms with van der Waals surface area (Å²) in [5.41, 5.74) is 12.4. The molecule has 8 aromatic carbocycles. The van der Waals surface area contributed by atoms with Crippen LogP contribution in [-0.2, 0) is 0 Å². The monoisotopic (exact) mass is 662 g/mol. The molecular weight excluding hydrogens is 629 g/mol. The van der Waals surface area contributed by atoms with Crippen molar-refractivity contribution < 1.29 is 0 Å². The van der Waals surface area contributed by atoms with Crippen molar-refractivity contribution in [2.75, 3.05) is 0 Å². The van der Waals surface area contributed by atoms with Crippen molar-refractivity contribution in [1.29, 1.82) is 5.26 Å². The second-order valence-electron chi connectivity index (χ2n) is 13.5. The summed E-state index contributed by atoms with van der Waals surface area (Å²) in [4.78, 5) is 5.36. The first-order valence-electron chi connectivity index (χ1n) is 17.7. The van der Waals surface area contributed by atoms with Gasteiger partial charge in [-0.1, -0.05) is 146 Å². The molecule has 0 saturated carbocycles. The zero-order chi connectivity index (χ0) is 35.2. The minimum absolute atomic E-state index is 0.286. The normalized spacial score (nSPS) is 14.5. The van der Waals surface area contributed by atoms with E-state index in [1.54, 1.807) is 0 Å². The van der Waals surface area contributed by atoms with Crippen LogP contribution in [0.1, 0.15) is 35.2 Å². The van der Waals surface area contributed by atoms with Gasteiger partial charge in [0.05, 0.1) is 17.3 Å². The van der Waals surface area contributed by atoms with E-state index in [-0.39, 0.29) is 6.04 Å². The summed E-state index contributed by atoms with van der Waals surface area (Å²) in [5.74, 6) is 0. The Kier molecular flexibility index (Phi) is 7.68. The van der Waals surface area contributed by atoms with E-state index >= 15 is 0 Å². The van der Waals surface area contributed by atoms with Crippen LogP contribution in [0.4, 0.5) is 0 Å². The van der Waals surface area contributed by atoms with Crippen LogP contribution in [0.3, 0.4) is 0 Å². The van der Waals surface area contributed by atoms with E-state index in [1.165, 1.54) is 43.4 Å². The number of benzene rings is 8. The van der Waals surface area contributed by atoms with Gasteiger partial charge >= 0.3 is 0 Å². The molecule has 0 amide bonds. The first-order valence-corrected chi connectivity index (χ1v) is 17.7. The van der Waals surface area contributed by atoms with Gasteiger partial charge in [0.15, 0.2) is 0 Å². The number of fused-ring (bicyclic) bond motifs is 6. The Morgan fingerprint density at radius 3 is 1.67 bits per heavy atom. The number of dihydropyridines is 1. The second kappa shape index (κ2) is 12.8. The number of allylic oxidation sites excluding steroid dienone is 1. The van der Waals surface area contributed by atoms with Gasteiger partial charge in [-0.25, -0.2) is 0 Å². The molecule has 8 aromatic rings. The van der Waals surface area contributed by atoms with E-state index in [0.717, 1.165) is 50.2 Å². The van der Waals surface area contributed by atoms with Crippen molar-refractivity contribution in [1.82, 2.24) is 0 Å². The standard InChI is InChI=1S/C50H34N2/c1-32-48(35-14-4-3-5-15-35)33(2)50(52-49(32)40-19-10-13-34(27-40)31-51)41-20-12-18-38(29-41)36-16-11-17-37(28-36)39-25-26-46-44-23-7-6-21-42(44)43-22-8-9-24-45(43)47(46)30-39/h3-30,50H,2H2,1H3. The van der Waals surface area contributed by atoms with Gasteiger partial charge < -0.3 is 0 Å². The molecule has 9 rings (SSSR count). The predicted molar refractivity (Wildman–Crippen MR) is 218 cm³/mol. The van der Waals surface area contributed by atoms with E-state index in [9.17, 15) is 5.26 Å². The molecule has 0 N–H and O–H groups in total. The second-order valence-corrected chi connectivity index (χ2v) is 13.5. The minimum Gasteiger partial charge on any atom is -0.272 e. The summed E-state index contributed by atoms with van der Waals surface area (Å²) in [6, 6.07) is 62.0. The third-order valence-corrected chi connectivity index (χ3v) is 10.4. The summed E-state index contributed by atoms with van der Waals surface area (Å²) < 4.78 is 0. The quantitative estimate of drug-likeness (QED) is 0.169. The largest absolute Gasteiger partial charge is 0.272 e. The topological polar surface area (TPSA) is 36.1 Å². The highest BCUT2D eigenvalue weighted by Crippen LogP contribution is 2.43. The average Bonchev–Trinajstić information content (AvgIpc) is 3.21. The molecule has 0 bridgehead atoms. The Labute approximate surface area is 304 Å². The van der Waals surface area contributed by atoms with Crippen molar-refractivity contribution in [3.63, 3.8) is 0 Å². The van der Waals surface area contributed by atoms with Gasteiger partial charge in [0.1, 0.15) is 6.04 Å².